The van der Waals surface area contributed by atoms with Gasteiger partial charge < -0.3 is 4.74 Å². The molecule has 5 nitrogen and oxygen atoms in total. The number of nitriles is 2. The van der Waals surface area contributed by atoms with Crippen LogP contribution in [0.1, 0.15) is 22.5 Å². The molecule has 0 saturated heterocycles. The Bertz CT molecular complexity index is 997. The number of para-hydroxylation sites is 1. The van der Waals surface area contributed by atoms with Crippen molar-refractivity contribution in [3.8, 4) is 23.6 Å². The molecule has 0 spiro atoms. The molecule has 0 aliphatic rings. The Morgan fingerprint density at radius 2 is 1.88 bits per heavy atom. The summed E-state index contributed by atoms with van der Waals surface area (Å²) >= 11 is 6.15. The Hall–Kier alpha value is -3.28. The predicted octanol–water partition coefficient (Wildman–Crippen LogP) is 4.16. The number of hydrogen-bond acceptors (Lipinski definition) is 4. The van der Waals surface area contributed by atoms with Crippen LogP contribution in [0.4, 0.5) is 0 Å². The minimum Gasteiger partial charge on any atom is -0.486 e. The molecule has 3 rings (SSSR count). The van der Waals surface area contributed by atoms with Crippen molar-refractivity contribution in [1.29, 1.82) is 10.5 Å². The number of halogens is 1. The fraction of sp³-hybridized carbons (Fsp3) is 0.105. The van der Waals surface area contributed by atoms with E-state index in [4.69, 9.17) is 21.6 Å². The molecule has 0 N–H and O–H groups in total. The molecule has 0 aliphatic carbocycles. The van der Waals surface area contributed by atoms with Crippen LogP contribution in [0.5, 0.6) is 5.75 Å². The molecule has 0 fully saturated rings. The zero-order chi connectivity index (χ0) is 17.8. The Morgan fingerprint density at radius 3 is 2.52 bits per heavy atom. The van der Waals surface area contributed by atoms with Gasteiger partial charge in [-0.25, -0.2) is 4.68 Å². The van der Waals surface area contributed by atoms with Gasteiger partial charge in [-0.1, -0.05) is 29.8 Å². The van der Waals surface area contributed by atoms with Crippen LogP contribution in [0.15, 0.2) is 48.5 Å². The molecule has 122 valence electrons. The van der Waals surface area contributed by atoms with Crippen LogP contribution in [-0.4, -0.2) is 9.78 Å². The Labute approximate surface area is 150 Å². The van der Waals surface area contributed by atoms with Gasteiger partial charge in [-0.2, -0.15) is 15.6 Å². The van der Waals surface area contributed by atoms with Crippen LogP contribution >= 0.6 is 11.6 Å². The second-order valence-corrected chi connectivity index (χ2v) is 5.72. The maximum absolute atomic E-state index is 9.46. The molecule has 0 radical (unpaired) electrons. The van der Waals surface area contributed by atoms with E-state index in [1.165, 1.54) is 0 Å². The highest BCUT2D eigenvalue weighted by molar-refractivity contribution is 6.32. The molecule has 0 aliphatic heterocycles. The van der Waals surface area contributed by atoms with Crippen molar-refractivity contribution in [1.82, 2.24) is 9.78 Å². The fourth-order valence-electron chi connectivity index (χ4n) is 2.47. The number of hydrogen-bond donors (Lipinski definition) is 0. The predicted molar refractivity (Wildman–Crippen MR) is 93.5 cm³/mol. The molecule has 25 heavy (non-hydrogen) atoms. The third-order valence-corrected chi connectivity index (χ3v) is 3.99. The van der Waals surface area contributed by atoms with Crippen molar-refractivity contribution in [2.24, 2.45) is 0 Å². The van der Waals surface area contributed by atoms with Gasteiger partial charge in [0.1, 0.15) is 24.0 Å². The first-order valence-electron chi connectivity index (χ1n) is 7.50. The first-order chi connectivity index (χ1) is 12.1. The van der Waals surface area contributed by atoms with Crippen molar-refractivity contribution in [3.05, 3.63) is 76.1 Å². The molecule has 6 heteroatoms. The summed E-state index contributed by atoms with van der Waals surface area (Å²) in [4.78, 5) is 0. The SMILES string of the molecule is Cc1nn(-c2ccccc2)c(COc2ccc(C#N)cc2Cl)c1C#N. The summed E-state index contributed by atoms with van der Waals surface area (Å²) in [6.45, 7) is 1.92. The van der Waals surface area contributed by atoms with E-state index in [2.05, 4.69) is 11.2 Å². The van der Waals surface area contributed by atoms with Crippen molar-refractivity contribution < 1.29 is 4.74 Å². The Balaban J connectivity index is 1.95. The maximum Gasteiger partial charge on any atom is 0.138 e. The first kappa shape index (κ1) is 16.6. The van der Waals surface area contributed by atoms with Gasteiger partial charge >= 0.3 is 0 Å². The summed E-state index contributed by atoms with van der Waals surface area (Å²) in [6.07, 6.45) is 0. The number of rotatable bonds is 4. The molecule has 1 aromatic heterocycles. The zero-order valence-corrected chi connectivity index (χ0v) is 14.2. The minimum atomic E-state index is 0.129. The van der Waals surface area contributed by atoms with Crippen molar-refractivity contribution in [3.63, 3.8) is 0 Å². The summed E-state index contributed by atoms with van der Waals surface area (Å²) in [5.74, 6) is 0.447. The van der Waals surface area contributed by atoms with Crippen molar-refractivity contribution >= 4 is 11.6 Å². The van der Waals surface area contributed by atoms with Crippen LogP contribution in [0.25, 0.3) is 5.69 Å². The van der Waals surface area contributed by atoms with Gasteiger partial charge in [0, 0.05) is 0 Å². The first-order valence-corrected chi connectivity index (χ1v) is 7.88. The van der Waals surface area contributed by atoms with Gasteiger partial charge in [-0.15, -0.1) is 0 Å². The molecule has 2 aromatic carbocycles. The van der Waals surface area contributed by atoms with E-state index in [-0.39, 0.29) is 6.61 Å². The molecular formula is C19H13ClN4O. The van der Waals surface area contributed by atoms with Crippen LogP contribution < -0.4 is 4.74 Å². The summed E-state index contributed by atoms with van der Waals surface area (Å²) in [6, 6.07) is 18.6. The van der Waals surface area contributed by atoms with E-state index in [9.17, 15) is 5.26 Å². The lowest BCUT2D eigenvalue weighted by atomic mass is 10.2. The van der Waals surface area contributed by atoms with Crippen LogP contribution in [0.2, 0.25) is 5.02 Å². The smallest absolute Gasteiger partial charge is 0.138 e. The molecule has 0 amide bonds. The number of nitrogens with zero attached hydrogens (tertiary/aromatic N) is 4. The highest BCUT2D eigenvalue weighted by Crippen LogP contribution is 2.27. The Morgan fingerprint density at radius 1 is 1.12 bits per heavy atom. The summed E-state index contributed by atoms with van der Waals surface area (Å²) in [5.41, 5.74) is 3.06. The lowest BCUT2D eigenvalue weighted by Gasteiger charge is -2.11. The molecule has 3 aromatic rings. The van der Waals surface area contributed by atoms with E-state index < -0.39 is 0 Å². The van der Waals surface area contributed by atoms with Crippen LogP contribution in [-0.2, 0) is 6.61 Å². The third kappa shape index (κ3) is 3.33. The maximum atomic E-state index is 9.46. The molecule has 0 atom stereocenters. The molecule has 0 saturated carbocycles. The van der Waals surface area contributed by atoms with Crippen molar-refractivity contribution in [2.75, 3.05) is 0 Å². The van der Waals surface area contributed by atoms with Crippen molar-refractivity contribution in [2.45, 2.75) is 13.5 Å². The standard InChI is InChI=1S/C19H13ClN4O/c1-13-16(11-22)18(24(23-13)15-5-3-2-4-6-15)12-25-19-8-7-14(10-21)9-17(19)20/h2-9H,12H2,1H3. The quantitative estimate of drug-likeness (QED) is 0.709. The monoisotopic (exact) mass is 348 g/mol. The fourth-order valence-corrected chi connectivity index (χ4v) is 2.71. The molecule has 0 unspecified atom stereocenters. The van der Waals surface area contributed by atoms with Gasteiger partial charge in [0.25, 0.3) is 0 Å². The van der Waals surface area contributed by atoms with Gasteiger partial charge in [0.2, 0.25) is 0 Å². The number of aryl methyl sites for hydroxylation is 1. The average molecular weight is 349 g/mol. The highest BCUT2D eigenvalue weighted by atomic mass is 35.5. The van der Waals surface area contributed by atoms with Gasteiger partial charge in [0.15, 0.2) is 0 Å². The zero-order valence-electron chi connectivity index (χ0n) is 13.4. The number of aromatic nitrogens is 2. The van der Waals surface area contributed by atoms with E-state index in [0.717, 1.165) is 5.69 Å². The number of ether oxygens (including phenoxy) is 1. The summed E-state index contributed by atoms with van der Waals surface area (Å²) < 4.78 is 7.49. The largest absolute Gasteiger partial charge is 0.486 e. The molecule has 1 heterocycles. The van der Waals surface area contributed by atoms with Gasteiger partial charge in [-0.05, 0) is 37.3 Å². The average Bonchev–Trinajstić information content (AvgIpc) is 2.96. The summed E-state index contributed by atoms with van der Waals surface area (Å²) in [5, 5.41) is 23.2. The number of benzene rings is 2. The minimum absolute atomic E-state index is 0.129. The van der Waals surface area contributed by atoms with E-state index >= 15 is 0 Å². The topological polar surface area (TPSA) is 74.6 Å². The van der Waals surface area contributed by atoms with Gasteiger partial charge in [0.05, 0.1) is 33.7 Å². The lowest BCUT2D eigenvalue weighted by Crippen LogP contribution is -2.07. The molecular weight excluding hydrogens is 336 g/mol. The van der Waals surface area contributed by atoms with E-state index in [1.54, 1.807) is 29.8 Å². The van der Waals surface area contributed by atoms with Crippen LogP contribution in [0.3, 0.4) is 0 Å². The van der Waals surface area contributed by atoms with Gasteiger partial charge in [-0.3, -0.25) is 0 Å². The summed E-state index contributed by atoms with van der Waals surface area (Å²) in [7, 11) is 0. The Kier molecular flexibility index (Phi) is 4.70. The lowest BCUT2D eigenvalue weighted by molar-refractivity contribution is 0.297. The second-order valence-electron chi connectivity index (χ2n) is 5.31. The highest BCUT2D eigenvalue weighted by Gasteiger charge is 2.17. The van der Waals surface area contributed by atoms with E-state index in [1.807, 2.05) is 36.4 Å². The third-order valence-electron chi connectivity index (χ3n) is 3.69. The normalized spacial score (nSPS) is 10.1. The van der Waals surface area contributed by atoms with E-state index in [0.29, 0.717) is 33.3 Å². The second kappa shape index (κ2) is 7.09. The molecule has 0 bridgehead atoms. The van der Waals surface area contributed by atoms with Crippen LogP contribution in [0, 0.1) is 29.6 Å².